The summed E-state index contributed by atoms with van der Waals surface area (Å²) in [7, 11) is 0. The van der Waals surface area contributed by atoms with Crippen LogP contribution in [0, 0.1) is 17.3 Å². The fourth-order valence-electron chi connectivity index (χ4n) is 4.21. The average molecular weight is 386 g/mol. The Labute approximate surface area is 161 Å². The standard InChI is InChI=1S/C20H34O7/c1-8-18(2,3)17(22)25-10-13(21)26-12-9-11-14(19(4,5)23)15(16(12)27-11)20(6,7)24/h11-12,14-16,23-24H,8-10H2,1-7H3. The van der Waals surface area contributed by atoms with Crippen molar-refractivity contribution in [1.29, 1.82) is 0 Å². The molecule has 2 rings (SSSR count). The Morgan fingerprint density at radius 2 is 1.59 bits per heavy atom. The first-order valence-corrected chi connectivity index (χ1v) is 9.65. The molecule has 7 nitrogen and oxygen atoms in total. The molecule has 2 fully saturated rings. The van der Waals surface area contributed by atoms with Gasteiger partial charge in [0.05, 0.1) is 22.7 Å². The van der Waals surface area contributed by atoms with Crippen molar-refractivity contribution in [2.45, 2.75) is 90.8 Å². The van der Waals surface area contributed by atoms with Crippen LogP contribution in [-0.2, 0) is 23.8 Å². The maximum atomic E-state index is 12.2. The van der Waals surface area contributed by atoms with Crippen molar-refractivity contribution in [2.75, 3.05) is 6.61 Å². The van der Waals surface area contributed by atoms with Crippen LogP contribution >= 0.6 is 0 Å². The third-order valence-electron chi connectivity index (χ3n) is 5.98. The zero-order valence-electron chi connectivity index (χ0n) is 17.4. The Balaban J connectivity index is 2.00. The van der Waals surface area contributed by atoms with Crippen LogP contribution in [0.15, 0.2) is 0 Å². The van der Waals surface area contributed by atoms with E-state index in [4.69, 9.17) is 14.2 Å². The van der Waals surface area contributed by atoms with E-state index in [1.165, 1.54) is 0 Å². The summed E-state index contributed by atoms with van der Waals surface area (Å²) in [5, 5.41) is 21.1. The van der Waals surface area contributed by atoms with E-state index in [0.717, 1.165) is 0 Å². The number of fused-ring (bicyclic) bond motifs is 2. The molecule has 0 aromatic carbocycles. The fourth-order valence-corrected chi connectivity index (χ4v) is 4.21. The summed E-state index contributed by atoms with van der Waals surface area (Å²) in [5.74, 6) is -1.72. The molecule has 0 saturated carbocycles. The number of rotatable bonds is 7. The molecule has 27 heavy (non-hydrogen) atoms. The molecule has 7 heteroatoms. The zero-order valence-corrected chi connectivity index (χ0v) is 17.4. The van der Waals surface area contributed by atoms with Gasteiger partial charge in [-0.25, -0.2) is 4.79 Å². The van der Waals surface area contributed by atoms with Gasteiger partial charge in [0.2, 0.25) is 0 Å². The average Bonchev–Trinajstić information content (AvgIpc) is 3.09. The van der Waals surface area contributed by atoms with Crippen molar-refractivity contribution in [2.24, 2.45) is 17.3 Å². The molecule has 156 valence electrons. The highest BCUT2D eigenvalue weighted by atomic mass is 16.6. The minimum atomic E-state index is -1.10. The highest BCUT2D eigenvalue weighted by Gasteiger charge is 2.63. The van der Waals surface area contributed by atoms with Gasteiger partial charge in [-0.15, -0.1) is 0 Å². The summed E-state index contributed by atoms with van der Waals surface area (Å²) in [6.07, 6.45) is -0.280. The molecule has 0 aliphatic carbocycles. The van der Waals surface area contributed by atoms with Crippen LogP contribution in [0.4, 0.5) is 0 Å². The topological polar surface area (TPSA) is 102 Å². The monoisotopic (exact) mass is 386 g/mol. The Bertz CT molecular complexity index is 570. The fraction of sp³-hybridized carbons (Fsp3) is 0.900. The molecule has 0 radical (unpaired) electrons. The van der Waals surface area contributed by atoms with Crippen LogP contribution in [0.25, 0.3) is 0 Å². The smallest absolute Gasteiger partial charge is 0.344 e. The third kappa shape index (κ3) is 4.63. The van der Waals surface area contributed by atoms with Gasteiger partial charge in [-0.3, -0.25) is 4.79 Å². The number of ether oxygens (including phenoxy) is 3. The summed E-state index contributed by atoms with van der Waals surface area (Å²) >= 11 is 0. The van der Waals surface area contributed by atoms with E-state index in [1.807, 2.05) is 6.92 Å². The molecule has 2 saturated heterocycles. The predicted molar refractivity (Wildman–Crippen MR) is 97.8 cm³/mol. The molecular formula is C20H34O7. The molecule has 2 N–H and O–H groups in total. The molecule has 5 atom stereocenters. The number of hydrogen-bond acceptors (Lipinski definition) is 7. The van der Waals surface area contributed by atoms with E-state index < -0.39 is 47.4 Å². The molecule has 0 amide bonds. The van der Waals surface area contributed by atoms with E-state index in [1.54, 1.807) is 41.5 Å². The summed E-state index contributed by atoms with van der Waals surface area (Å²) in [5.41, 5.74) is -2.78. The maximum absolute atomic E-state index is 12.2. The van der Waals surface area contributed by atoms with Crippen molar-refractivity contribution >= 4 is 11.9 Å². The van der Waals surface area contributed by atoms with Gasteiger partial charge in [0.1, 0.15) is 12.2 Å². The SMILES string of the molecule is CCC(C)(C)C(=O)OCC(=O)OC1CC2OC1C(C(C)(C)O)C2C(C)(C)O. The van der Waals surface area contributed by atoms with Crippen molar-refractivity contribution in [3.63, 3.8) is 0 Å². The second-order valence-electron chi connectivity index (χ2n) is 9.58. The van der Waals surface area contributed by atoms with Gasteiger partial charge in [0.15, 0.2) is 6.61 Å². The molecule has 2 aliphatic rings. The van der Waals surface area contributed by atoms with Crippen LogP contribution in [0.3, 0.4) is 0 Å². The quantitative estimate of drug-likeness (QED) is 0.644. The Hall–Kier alpha value is -1.18. The van der Waals surface area contributed by atoms with E-state index in [0.29, 0.717) is 12.8 Å². The number of carbonyl (C=O) groups excluding carboxylic acids is 2. The molecule has 2 bridgehead atoms. The van der Waals surface area contributed by atoms with Crippen LogP contribution in [0.2, 0.25) is 0 Å². The van der Waals surface area contributed by atoms with Gasteiger partial charge in [0.25, 0.3) is 0 Å². The minimum Gasteiger partial charge on any atom is -0.457 e. The predicted octanol–water partition coefficient (Wildman–Crippen LogP) is 1.82. The van der Waals surface area contributed by atoms with Gasteiger partial charge in [-0.2, -0.15) is 0 Å². The number of esters is 2. The Morgan fingerprint density at radius 3 is 2.07 bits per heavy atom. The molecule has 0 aromatic rings. The highest BCUT2D eigenvalue weighted by Crippen LogP contribution is 2.52. The van der Waals surface area contributed by atoms with Crippen LogP contribution in [-0.4, -0.2) is 58.3 Å². The number of hydrogen-bond donors (Lipinski definition) is 2. The van der Waals surface area contributed by atoms with Gasteiger partial charge in [-0.1, -0.05) is 6.92 Å². The first kappa shape index (κ1) is 22.1. The lowest BCUT2D eigenvalue weighted by atomic mass is 9.65. The van der Waals surface area contributed by atoms with Crippen LogP contribution in [0.1, 0.15) is 61.3 Å². The Morgan fingerprint density at radius 1 is 1.04 bits per heavy atom. The van der Waals surface area contributed by atoms with Crippen LogP contribution in [0.5, 0.6) is 0 Å². The maximum Gasteiger partial charge on any atom is 0.344 e. The van der Waals surface area contributed by atoms with Gasteiger partial charge >= 0.3 is 11.9 Å². The van der Waals surface area contributed by atoms with E-state index in [2.05, 4.69) is 0 Å². The second-order valence-corrected chi connectivity index (χ2v) is 9.58. The molecule has 5 unspecified atom stereocenters. The van der Waals surface area contributed by atoms with Crippen molar-refractivity contribution in [3.05, 3.63) is 0 Å². The number of carbonyl (C=O) groups is 2. The van der Waals surface area contributed by atoms with Gasteiger partial charge in [0, 0.05) is 18.3 Å². The third-order valence-corrected chi connectivity index (χ3v) is 5.98. The highest BCUT2D eigenvalue weighted by molar-refractivity contribution is 5.79. The first-order valence-electron chi connectivity index (χ1n) is 9.65. The lowest BCUT2D eigenvalue weighted by Gasteiger charge is -2.43. The van der Waals surface area contributed by atoms with Crippen LogP contribution < -0.4 is 0 Å². The van der Waals surface area contributed by atoms with E-state index in [9.17, 15) is 19.8 Å². The summed E-state index contributed by atoms with van der Waals surface area (Å²) in [6, 6.07) is 0. The van der Waals surface area contributed by atoms with E-state index >= 15 is 0 Å². The minimum absolute atomic E-state index is 0.263. The van der Waals surface area contributed by atoms with Crippen molar-refractivity contribution in [1.82, 2.24) is 0 Å². The van der Waals surface area contributed by atoms with Crippen molar-refractivity contribution < 1.29 is 34.0 Å². The zero-order chi connectivity index (χ0) is 20.8. The largest absolute Gasteiger partial charge is 0.457 e. The van der Waals surface area contributed by atoms with Crippen molar-refractivity contribution in [3.8, 4) is 0 Å². The van der Waals surface area contributed by atoms with Gasteiger partial charge < -0.3 is 24.4 Å². The molecule has 0 spiro atoms. The molecule has 0 aromatic heterocycles. The Kier molecular flexibility index (Phi) is 6.01. The molecule has 2 heterocycles. The van der Waals surface area contributed by atoms with Gasteiger partial charge in [-0.05, 0) is 48.0 Å². The van der Waals surface area contributed by atoms with E-state index in [-0.39, 0.29) is 17.9 Å². The summed E-state index contributed by atoms with van der Waals surface area (Å²) in [6.45, 7) is 11.7. The summed E-state index contributed by atoms with van der Waals surface area (Å²) in [4.78, 5) is 24.1. The number of aliphatic hydroxyl groups is 2. The normalized spacial score (nSPS) is 31.1. The summed E-state index contributed by atoms with van der Waals surface area (Å²) < 4.78 is 16.5. The first-order chi connectivity index (χ1) is 12.2. The lowest BCUT2D eigenvalue weighted by Crippen LogP contribution is -2.54. The lowest BCUT2D eigenvalue weighted by molar-refractivity contribution is -0.172. The second kappa shape index (κ2) is 7.33. The molecular weight excluding hydrogens is 352 g/mol. The molecule has 2 aliphatic heterocycles.